The zero-order chi connectivity index (χ0) is 28.2. The van der Waals surface area contributed by atoms with Crippen molar-refractivity contribution < 1.29 is 28.8 Å². The van der Waals surface area contributed by atoms with E-state index in [4.69, 9.17) is 4.42 Å². The Morgan fingerprint density at radius 1 is 1.18 bits per heavy atom. The van der Waals surface area contributed by atoms with Crippen LogP contribution >= 0.6 is 11.8 Å². The molecule has 208 valence electrons. The van der Waals surface area contributed by atoms with Crippen molar-refractivity contribution in [3.05, 3.63) is 64.4 Å². The molecule has 0 saturated carbocycles. The van der Waals surface area contributed by atoms with Gasteiger partial charge in [-0.1, -0.05) is 31.9 Å². The fourth-order valence-electron chi connectivity index (χ4n) is 5.51. The summed E-state index contributed by atoms with van der Waals surface area (Å²) in [5, 5.41) is 24.5. The third-order valence-electron chi connectivity index (χ3n) is 7.53. The van der Waals surface area contributed by atoms with Crippen molar-refractivity contribution in [2.45, 2.75) is 50.6 Å². The maximum Gasteiger partial charge on any atom is 0.324 e. The van der Waals surface area contributed by atoms with E-state index in [-0.39, 0.29) is 18.7 Å². The number of thioether (sulfide) groups is 1. The van der Waals surface area contributed by atoms with Crippen LogP contribution < -0.4 is 5.32 Å². The number of aliphatic carboxylic acids is 1. The maximum absolute atomic E-state index is 13.6. The number of nitrogens with one attached hydrogen (secondary N) is 1. The average molecular weight is 556 g/mol. The Balaban J connectivity index is 1.64. The standard InChI is InChI=1S/C28H33N3O7S/c1-3-4-5-6-7-8-16-30-25(32)22-23(26(30)33)28(27(34)35,15-17-39-2)29-24(22)21-14-13-20(38-21)18-9-11-19(12-10-18)31(36)37/h6-7,9-14,22-24,29H,3-5,8,15-17H2,1-2H3,(H,34,35)/b7-6+. The molecule has 0 radical (unpaired) electrons. The molecule has 2 N–H and O–H groups in total. The highest BCUT2D eigenvalue weighted by atomic mass is 32.2. The first-order valence-corrected chi connectivity index (χ1v) is 14.5. The number of nitrogens with zero attached hydrogens (tertiary/aromatic N) is 2. The summed E-state index contributed by atoms with van der Waals surface area (Å²) in [6.07, 6.45) is 9.62. The lowest BCUT2D eigenvalue weighted by Gasteiger charge is -2.30. The van der Waals surface area contributed by atoms with E-state index < -0.39 is 46.1 Å². The van der Waals surface area contributed by atoms with Gasteiger partial charge < -0.3 is 9.52 Å². The van der Waals surface area contributed by atoms with Gasteiger partial charge in [-0.15, -0.1) is 0 Å². The van der Waals surface area contributed by atoms with E-state index in [9.17, 15) is 29.6 Å². The van der Waals surface area contributed by atoms with Gasteiger partial charge in [-0.05, 0) is 55.5 Å². The van der Waals surface area contributed by atoms with Gasteiger partial charge in [0.05, 0.1) is 22.8 Å². The number of nitro benzene ring substituents is 1. The van der Waals surface area contributed by atoms with Crippen molar-refractivity contribution in [3.63, 3.8) is 0 Å². The second-order valence-corrected chi connectivity index (χ2v) is 10.9. The zero-order valence-electron chi connectivity index (χ0n) is 22.0. The molecule has 1 aromatic heterocycles. The summed E-state index contributed by atoms with van der Waals surface area (Å²) in [6.45, 7) is 2.31. The number of allylic oxidation sites excluding steroid dienone is 1. The lowest BCUT2D eigenvalue weighted by molar-refractivity contribution is -0.384. The minimum Gasteiger partial charge on any atom is -0.480 e. The van der Waals surface area contributed by atoms with Gasteiger partial charge in [0.25, 0.3) is 5.69 Å². The Morgan fingerprint density at radius 3 is 2.54 bits per heavy atom. The minimum atomic E-state index is -1.61. The van der Waals surface area contributed by atoms with Gasteiger partial charge in [0.15, 0.2) is 0 Å². The number of non-ortho nitro benzene ring substituents is 1. The number of amides is 2. The highest BCUT2D eigenvalue weighted by Gasteiger charge is 2.68. The number of fused-ring (bicyclic) bond motifs is 1. The van der Waals surface area contributed by atoms with E-state index in [0.29, 0.717) is 29.3 Å². The van der Waals surface area contributed by atoms with Gasteiger partial charge in [0.2, 0.25) is 11.8 Å². The summed E-state index contributed by atoms with van der Waals surface area (Å²) in [6, 6.07) is 8.38. The first kappa shape index (κ1) is 28.6. The van der Waals surface area contributed by atoms with Crippen LogP contribution in [0.1, 0.15) is 50.8 Å². The molecule has 10 nitrogen and oxygen atoms in total. The Kier molecular flexibility index (Phi) is 8.91. The molecule has 2 amide bonds. The Morgan fingerprint density at radius 2 is 1.90 bits per heavy atom. The van der Waals surface area contributed by atoms with E-state index in [1.165, 1.54) is 28.8 Å². The average Bonchev–Trinajstić information content (AvgIpc) is 3.60. The molecule has 4 rings (SSSR count). The van der Waals surface area contributed by atoms with Crippen LogP contribution in [0.15, 0.2) is 53.0 Å². The van der Waals surface area contributed by atoms with Gasteiger partial charge in [-0.25, -0.2) is 0 Å². The molecule has 0 spiro atoms. The van der Waals surface area contributed by atoms with Crippen LogP contribution in [0.2, 0.25) is 0 Å². The van der Waals surface area contributed by atoms with Gasteiger partial charge >= 0.3 is 5.97 Å². The van der Waals surface area contributed by atoms with Crippen molar-refractivity contribution >= 4 is 35.2 Å². The number of imide groups is 1. The van der Waals surface area contributed by atoms with Crippen molar-refractivity contribution in [1.82, 2.24) is 10.2 Å². The number of hydrogen-bond donors (Lipinski definition) is 2. The number of carboxylic acids is 1. The Bertz CT molecular complexity index is 1260. The first-order chi connectivity index (χ1) is 18.7. The third-order valence-corrected chi connectivity index (χ3v) is 8.15. The molecule has 0 aliphatic carbocycles. The van der Waals surface area contributed by atoms with Gasteiger partial charge in [0.1, 0.15) is 17.1 Å². The second kappa shape index (κ2) is 12.2. The number of furan rings is 1. The molecule has 11 heteroatoms. The number of carbonyl (C=O) groups excluding carboxylic acids is 2. The topological polar surface area (TPSA) is 143 Å². The normalized spacial score (nSPS) is 24.6. The van der Waals surface area contributed by atoms with Gasteiger partial charge in [-0.2, -0.15) is 11.8 Å². The van der Waals surface area contributed by atoms with Crippen molar-refractivity contribution in [2.24, 2.45) is 11.8 Å². The largest absolute Gasteiger partial charge is 0.480 e. The van der Waals surface area contributed by atoms with Crippen LogP contribution in [0.4, 0.5) is 5.69 Å². The van der Waals surface area contributed by atoms with Crippen LogP contribution in [0.25, 0.3) is 11.3 Å². The number of carboxylic acid groups (broad SMARTS) is 1. The fraction of sp³-hybridized carbons (Fsp3) is 0.464. The predicted molar refractivity (Wildman–Crippen MR) is 147 cm³/mol. The molecule has 4 unspecified atom stereocenters. The summed E-state index contributed by atoms with van der Waals surface area (Å²) < 4.78 is 6.07. The molecular weight excluding hydrogens is 522 g/mol. The van der Waals surface area contributed by atoms with Crippen LogP contribution in [-0.2, 0) is 14.4 Å². The van der Waals surface area contributed by atoms with Crippen LogP contribution in [0, 0.1) is 22.0 Å². The maximum atomic E-state index is 13.6. The summed E-state index contributed by atoms with van der Waals surface area (Å²) >= 11 is 1.47. The van der Waals surface area contributed by atoms with Crippen LogP contribution in [0.5, 0.6) is 0 Å². The van der Waals surface area contributed by atoms with Crippen LogP contribution in [-0.4, -0.2) is 56.8 Å². The highest BCUT2D eigenvalue weighted by Crippen LogP contribution is 2.51. The molecule has 39 heavy (non-hydrogen) atoms. The molecule has 2 fully saturated rings. The van der Waals surface area contributed by atoms with Gasteiger partial charge in [-0.3, -0.25) is 34.7 Å². The van der Waals surface area contributed by atoms with E-state index >= 15 is 0 Å². The minimum absolute atomic E-state index is 0.0544. The molecule has 2 aromatic rings. The van der Waals surface area contributed by atoms with E-state index in [0.717, 1.165) is 19.3 Å². The molecule has 3 heterocycles. The van der Waals surface area contributed by atoms with Gasteiger partial charge in [0, 0.05) is 24.2 Å². The van der Waals surface area contributed by atoms with Crippen molar-refractivity contribution in [3.8, 4) is 11.3 Å². The lowest BCUT2D eigenvalue weighted by atomic mass is 9.78. The molecule has 1 aromatic carbocycles. The lowest BCUT2D eigenvalue weighted by Crippen LogP contribution is -2.56. The summed E-state index contributed by atoms with van der Waals surface area (Å²) in [4.78, 5) is 51.7. The molecular formula is C28H33N3O7S. The number of likely N-dealkylation sites (tertiary alicyclic amines) is 1. The number of carbonyl (C=O) groups is 3. The number of nitro groups is 1. The molecule has 2 aliphatic rings. The van der Waals surface area contributed by atoms with E-state index in [1.54, 1.807) is 24.3 Å². The Hall–Kier alpha value is -3.44. The summed E-state index contributed by atoms with van der Waals surface area (Å²) in [5.41, 5.74) is -1.07. The summed E-state index contributed by atoms with van der Waals surface area (Å²) in [5.74, 6) is -2.76. The van der Waals surface area contributed by atoms with Crippen LogP contribution in [0.3, 0.4) is 0 Å². The van der Waals surface area contributed by atoms with E-state index in [2.05, 4.69) is 12.2 Å². The smallest absolute Gasteiger partial charge is 0.324 e. The quantitative estimate of drug-likeness (QED) is 0.117. The van der Waals surface area contributed by atoms with Crippen molar-refractivity contribution in [2.75, 3.05) is 18.6 Å². The van der Waals surface area contributed by atoms with Crippen molar-refractivity contribution in [1.29, 1.82) is 0 Å². The monoisotopic (exact) mass is 555 g/mol. The Labute approximate surface area is 231 Å². The predicted octanol–water partition coefficient (Wildman–Crippen LogP) is 4.81. The van der Waals surface area contributed by atoms with E-state index in [1.807, 2.05) is 18.4 Å². The molecule has 2 saturated heterocycles. The third kappa shape index (κ3) is 5.51. The zero-order valence-corrected chi connectivity index (χ0v) is 22.8. The SMILES string of the molecule is CCCC/C=C/CCN1C(=O)C2C(c3ccc(-c4ccc([N+](=O)[O-])cc4)o3)NC(CCSC)(C(=O)O)C2C1=O. The molecule has 2 aliphatic heterocycles. The highest BCUT2D eigenvalue weighted by molar-refractivity contribution is 7.98. The number of unbranched alkanes of at least 4 members (excludes halogenated alkanes) is 2. The molecule has 4 atom stereocenters. The number of hydrogen-bond acceptors (Lipinski definition) is 8. The molecule has 0 bridgehead atoms. The number of benzene rings is 1. The number of rotatable bonds is 13. The first-order valence-electron chi connectivity index (χ1n) is 13.1. The summed E-state index contributed by atoms with van der Waals surface area (Å²) in [7, 11) is 0. The fourth-order valence-corrected chi connectivity index (χ4v) is 6.03. The second-order valence-electron chi connectivity index (χ2n) is 9.88.